The van der Waals surface area contributed by atoms with Crippen LogP contribution < -0.4 is 0 Å². The summed E-state index contributed by atoms with van der Waals surface area (Å²) in [7, 11) is 0. The van der Waals surface area contributed by atoms with E-state index in [0.29, 0.717) is 0 Å². The number of allylic oxidation sites excluding steroid dienone is 2. The van der Waals surface area contributed by atoms with Crippen molar-refractivity contribution in [3.05, 3.63) is 72.3 Å². The van der Waals surface area contributed by atoms with Gasteiger partial charge in [0.1, 0.15) is 0 Å². The highest BCUT2D eigenvalue weighted by Crippen LogP contribution is 2.12. The van der Waals surface area contributed by atoms with E-state index in [4.69, 9.17) is 0 Å². The van der Waals surface area contributed by atoms with Crippen LogP contribution in [0.2, 0.25) is 0 Å². The van der Waals surface area contributed by atoms with E-state index in [1.165, 1.54) is 5.57 Å². The molecule has 106 valence electrons. The molecular formula is C19H20N2. The molecule has 0 saturated carbocycles. The van der Waals surface area contributed by atoms with Crippen molar-refractivity contribution in [3.8, 4) is 0 Å². The second-order valence-electron chi connectivity index (χ2n) is 4.64. The largest absolute Gasteiger partial charge is 0.261 e. The lowest BCUT2D eigenvalue weighted by Crippen LogP contribution is -1.84. The van der Waals surface area contributed by atoms with E-state index >= 15 is 0 Å². The Hall–Kier alpha value is -2.48. The number of rotatable bonds is 6. The summed E-state index contributed by atoms with van der Waals surface area (Å²) in [5.74, 6) is 0. The molecule has 0 heterocycles. The van der Waals surface area contributed by atoms with Gasteiger partial charge in [0.05, 0.1) is 11.4 Å². The van der Waals surface area contributed by atoms with Crippen molar-refractivity contribution < 1.29 is 0 Å². The van der Waals surface area contributed by atoms with Gasteiger partial charge in [0.25, 0.3) is 0 Å². The van der Waals surface area contributed by atoms with Gasteiger partial charge in [-0.05, 0) is 36.8 Å². The Morgan fingerprint density at radius 3 is 2.00 bits per heavy atom. The molecule has 2 heteroatoms. The molecule has 0 saturated heterocycles. The minimum absolute atomic E-state index is 0.853. The van der Waals surface area contributed by atoms with E-state index in [-0.39, 0.29) is 0 Å². The maximum absolute atomic E-state index is 4.45. The second kappa shape index (κ2) is 8.64. The maximum atomic E-state index is 4.45. The van der Waals surface area contributed by atoms with E-state index in [2.05, 4.69) is 23.0 Å². The van der Waals surface area contributed by atoms with E-state index in [0.717, 1.165) is 24.2 Å². The Kier molecular flexibility index (Phi) is 6.14. The van der Waals surface area contributed by atoms with Crippen LogP contribution in [0, 0.1) is 0 Å². The molecule has 0 aliphatic heterocycles. The molecule has 0 spiro atoms. The van der Waals surface area contributed by atoms with Crippen LogP contribution in [-0.2, 0) is 0 Å². The van der Waals surface area contributed by atoms with Gasteiger partial charge in [0.2, 0.25) is 0 Å². The van der Waals surface area contributed by atoms with E-state index in [1.54, 1.807) is 0 Å². The molecule has 0 aromatic heterocycles. The Labute approximate surface area is 126 Å². The molecule has 0 unspecified atom stereocenters. The summed E-state index contributed by atoms with van der Waals surface area (Å²) in [6.07, 6.45) is 7.75. The Balaban J connectivity index is 1.92. The number of para-hydroxylation sites is 2. The van der Waals surface area contributed by atoms with Gasteiger partial charge in [-0.1, -0.05) is 48.9 Å². The maximum Gasteiger partial charge on any atom is 0.0629 e. The first kappa shape index (κ1) is 14.9. The van der Waals surface area contributed by atoms with Gasteiger partial charge in [-0.15, -0.1) is 0 Å². The smallest absolute Gasteiger partial charge is 0.0629 e. The van der Waals surface area contributed by atoms with Crippen LogP contribution in [0.5, 0.6) is 0 Å². The molecule has 2 aromatic rings. The molecule has 0 atom stereocenters. The molecule has 2 rings (SSSR count). The molecule has 0 aliphatic carbocycles. The molecule has 2 aromatic carbocycles. The van der Waals surface area contributed by atoms with Crippen LogP contribution >= 0.6 is 0 Å². The number of nitrogens with zero attached hydrogens (tertiary/aromatic N) is 2. The zero-order valence-corrected chi connectivity index (χ0v) is 12.3. The normalized spacial score (nSPS) is 12.3. The summed E-state index contributed by atoms with van der Waals surface area (Å²) < 4.78 is 0. The van der Waals surface area contributed by atoms with Crippen LogP contribution in [0.1, 0.15) is 19.8 Å². The predicted octanol–water partition coefficient (Wildman–Crippen LogP) is 5.52. The summed E-state index contributed by atoms with van der Waals surface area (Å²) in [5.41, 5.74) is 3.28. The molecule has 0 fully saturated rings. The summed E-state index contributed by atoms with van der Waals surface area (Å²) in [6.45, 7) is 2.15. The third-order valence-corrected chi connectivity index (χ3v) is 3.09. The van der Waals surface area contributed by atoms with Crippen molar-refractivity contribution in [1.29, 1.82) is 0 Å². The molecular weight excluding hydrogens is 256 g/mol. The van der Waals surface area contributed by atoms with Crippen LogP contribution in [0.15, 0.2) is 82.3 Å². The van der Waals surface area contributed by atoms with Crippen LogP contribution in [-0.4, -0.2) is 12.4 Å². The molecule has 2 nitrogen and oxygen atoms in total. The van der Waals surface area contributed by atoms with Crippen molar-refractivity contribution in [2.75, 3.05) is 0 Å². The average molecular weight is 276 g/mol. The fraction of sp³-hybridized carbons (Fsp3) is 0.158. The summed E-state index contributed by atoms with van der Waals surface area (Å²) in [5, 5.41) is 0. The highest BCUT2D eigenvalue weighted by atomic mass is 14.7. The molecule has 0 bridgehead atoms. The molecule has 0 amide bonds. The third kappa shape index (κ3) is 5.57. The summed E-state index contributed by atoms with van der Waals surface area (Å²) in [6, 6.07) is 20.0. The number of hydrogen-bond acceptors (Lipinski definition) is 2. The zero-order chi connectivity index (χ0) is 14.8. The van der Waals surface area contributed by atoms with Crippen molar-refractivity contribution in [2.45, 2.75) is 19.8 Å². The Bertz CT molecular complexity index is 611. The first-order valence-corrected chi connectivity index (χ1v) is 7.23. The van der Waals surface area contributed by atoms with E-state index in [9.17, 15) is 0 Å². The lowest BCUT2D eigenvalue weighted by atomic mass is 10.1. The molecule has 0 aliphatic rings. The van der Waals surface area contributed by atoms with Crippen molar-refractivity contribution in [3.63, 3.8) is 0 Å². The highest BCUT2D eigenvalue weighted by Gasteiger charge is 1.91. The van der Waals surface area contributed by atoms with Crippen molar-refractivity contribution in [2.24, 2.45) is 9.98 Å². The van der Waals surface area contributed by atoms with Crippen molar-refractivity contribution >= 4 is 23.8 Å². The van der Waals surface area contributed by atoms with Gasteiger partial charge in [-0.3, -0.25) is 9.98 Å². The van der Waals surface area contributed by atoms with Gasteiger partial charge in [-0.2, -0.15) is 0 Å². The average Bonchev–Trinajstić information content (AvgIpc) is 2.55. The van der Waals surface area contributed by atoms with Crippen molar-refractivity contribution in [1.82, 2.24) is 0 Å². The van der Waals surface area contributed by atoms with Gasteiger partial charge < -0.3 is 0 Å². The van der Waals surface area contributed by atoms with Crippen LogP contribution in [0.25, 0.3) is 0 Å². The molecule has 21 heavy (non-hydrogen) atoms. The number of aliphatic imine (C=N–C) groups is 2. The quantitative estimate of drug-likeness (QED) is 0.621. The Morgan fingerprint density at radius 2 is 1.43 bits per heavy atom. The minimum atomic E-state index is 0.853. The van der Waals surface area contributed by atoms with E-state index in [1.807, 2.05) is 73.1 Å². The highest BCUT2D eigenvalue weighted by molar-refractivity contribution is 5.77. The Morgan fingerprint density at radius 1 is 0.857 bits per heavy atom. The number of benzene rings is 2. The molecule has 0 N–H and O–H groups in total. The topological polar surface area (TPSA) is 24.7 Å². The van der Waals surface area contributed by atoms with Gasteiger partial charge >= 0.3 is 0 Å². The van der Waals surface area contributed by atoms with Gasteiger partial charge in [0.15, 0.2) is 0 Å². The standard InChI is InChI=1S/C19H20N2/c1-2-17(13-15-20-18-9-5-3-6-10-18)14-16-21-19-11-7-4-8-12-19/h3-13,15-16H,2,14H2,1H3. The van der Waals surface area contributed by atoms with Gasteiger partial charge in [-0.25, -0.2) is 0 Å². The summed E-state index contributed by atoms with van der Waals surface area (Å²) in [4.78, 5) is 8.86. The molecule has 0 radical (unpaired) electrons. The van der Waals surface area contributed by atoms with E-state index < -0.39 is 0 Å². The van der Waals surface area contributed by atoms with Crippen LogP contribution in [0.3, 0.4) is 0 Å². The lowest BCUT2D eigenvalue weighted by molar-refractivity contribution is 1.06. The fourth-order valence-corrected chi connectivity index (χ4v) is 1.86. The zero-order valence-electron chi connectivity index (χ0n) is 12.3. The predicted molar refractivity (Wildman–Crippen MR) is 92.2 cm³/mol. The lowest BCUT2D eigenvalue weighted by Gasteiger charge is -1.98. The number of hydrogen-bond donors (Lipinski definition) is 0. The fourth-order valence-electron chi connectivity index (χ4n) is 1.86. The monoisotopic (exact) mass is 276 g/mol. The summed E-state index contributed by atoms with van der Waals surface area (Å²) >= 11 is 0. The second-order valence-corrected chi connectivity index (χ2v) is 4.64. The minimum Gasteiger partial charge on any atom is -0.261 e. The first-order valence-electron chi connectivity index (χ1n) is 7.23. The third-order valence-electron chi connectivity index (χ3n) is 3.09. The van der Waals surface area contributed by atoms with Crippen LogP contribution in [0.4, 0.5) is 11.4 Å². The first-order chi connectivity index (χ1) is 10.4. The van der Waals surface area contributed by atoms with Gasteiger partial charge in [0, 0.05) is 18.9 Å². The SMILES string of the molecule is CCC(=CC=Nc1ccccc1)CC=Nc1ccccc1.